The van der Waals surface area contributed by atoms with Gasteiger partial charge in [0.25, 0.3) is 0 Å². The van der Waals surface area contributed by atoms with Crippen LogP contribution in [0.15, 0.2) is 18.6 Å². The number of nitro groups is 1. The van der Waals surface area contributed by atoms with Gasteiger partial charge in [0, 0.05) is 7.05 Å². The van der Waals surface area contributed by atoms with E-state index in [9.17, 15) is 10.1 Å². The zero-order valence-corrected chi connectivity index (χ0v) is 9.27. The van der Waals surface area contributed by atoms with E-state index in [-0.39, 0.29) is 17.5 Å². The number of ether oxygens (including phenoxy) is 1. The first-order valence-electron chi connectivity index (χ1n) is 4.74. The molecule has 18 heavy (non-hydrogen) atoms. The molecule has 2 aromatic heterocycles. The first kappa shape index (κ1) is 11.7. The Hall–Kier alpha value is -2.75. The molecule has 0 atom stereocenters. The molecular formula is C8H9N7O3. The van der Waals surface area contributed by atoms with E-state index >= 15 is 0 Å². The predicted octanol–water partition coefficient (Wildman–Crippen LogP) is 0.196. The maximum Gasteiger partial charge on any atom is 0.349 e. The maximum atomic E-state index is 10.8. The number of hydrogen-bond donors (Lipinski definition) is 2. The monoisotopic (exact) mass is 251 g/mol. The first-order valence-corrected chi connectivity index (χ1v) is 4.74. The highest BCUT2D eigenvalue weighted by atomic mass is 16.6. The number of nitrogens with one attached hydrogen (secondary N) is 1. The molecule has 0 aromatic carbocycles. The number of nitrogen functional groups attached to an aromatic ring is 1. The third kappa shape index (κ3) is 2.32. The average Bonchev–Trinajstić information content (AvgIpc) is 2.74. The summed E-state index contributed by atoms with van der Waals surface area (Å²) in [6.45, 7) is 0. The van der Waals surface area contributed by atoms with Crippen molar-refractivity contribution in [1.29, 1.82) is 0 Å². The Labute approximate surface area is 101 Å². The van der Waals surface area contributed by atoms with Gasteiger partial charge >= 0.3 is 11.6 Å². The SMILES string of the molecule is Cn1cc(Oc2nc(NN)ncc2[N+](=O)[O-])cn1. The van der Waals surface area contributed by atoms with Gasteiger partial charge in [0.2, 0.25) is 5.95 Å². The molecule has 0 aliphatic rings. The van der Waals surface area contributed by atoms with Crippen LogP contribution in [-0.4, -0.2) is 24.7 Å². The third-order valence-corrected chi connectivity index (χ3v) is 1.96. The van der Waals surface area contributed by atoms with Gasteiger partial charge in [-0.25, -0.2) is 10.8 Å². The van der Waals surface area contributed by atoms with E-state index in [1.54, 1.807) is 13.2 Å². The Kier molecular flexibility index (Phi) is 3.02. The number of nitrogens with zero attached hydrogens (tertiary/aromatic N) is 5. The van der Waals surface area contributed by atoms with E-state index in [0.717, 1.165) is 6.20 Å². The summed E-state index contributed by atoms with van der Waals surface area (Å²) >= 11 is 0. The van der Waals surface area contributed by atoms with Crippen LogP contribution in [0.2, 0.25) is 0 Å². The molecule has 0 fully saturated rings. The first-order chi connectivity index (χ1) is 8.60. The molecule has 2 aromatic rings. The van der Waals surface area contributed by atoms with Crippen LogP contribution in [0.5, 0.6) is 11.6 Å². The van der Waals surface area contributed by atoms with Crippen molar-refractivity contribution in [2.24, 2.45) is 12.9 Å². The second-order valence-corrected chi connectivity index (χ2v) is 3.24. The number of hydrogen-bond acceptors (Lipinski definition) is 8. The van der Waals surface area contributed by atoms with Gasteiger partial charge in [-0.2, -0.15) is 10.1 Å². The summed E-state index contributed by atoms with van der Waals surface area (Å²) in [4.78, 5) is 17.5. The molecule has 2 rings (SSSR count). The molecule has 0 amide bonds. The van der Waals surface area contributed by atoms with Crippen LogP contribution in [0.25, 0.3) is 0 Å². The number of nitrogens with two attached hydrogens (primary N) is 1. The molecule has 0 radical (unpaired) electrons. The van der Waals surface area contributed by atoms with Gasteiger partial charge in [0.15, 0.2) is 5.75 Å². The fourth-order valence-electron chi connectivity index (χ4n) is 1.19. The summed E-state index contributed by atoms with van der Waals surface area (Å²) in [5, 5.41) is 14.7. The topological polar surface area (TPSA) is 134 Å². The van der Waals surface area contributed by atoms with Crippen molar-refractivity contribution in [1.82, 2.24) is 19.7 Å². The summed E-state index contributed by atoms with van der Waals surface area (Å²) < 4.78 is 6.75. The van der Waals surface area contributed by atoms with Gasteiger partial charge in [-0.3, -0.25) is 20.2 Å². The molecule has 10 nitrogen and oxygen atoms in total. The van der Waals surface area contributed by atoms with E-state index in [1.165, 1.54) is 10.9 Å². The minimum absolute atomic E-state index is 0.0134. The van der Waals surface area contributed by atoms with Crippen molar-refractivity contribution >= 4 is 11.6 Å². The number of aromatic nitrogens is 4. The molecule has 0 spiro atoms. The summed E-state index contributed by atoms with van der Waals surface area (Å²) in [6, 6.07) is 0. The summed E-state index contributed by atoms with van der Waals surface area (Å²) in [6.07, 6.45) is 3.96. The summed E-state index contributed by atoms with van der Waals surface area (Å²) in [5.74, 6) is 5.25. The summed E-state index contributed by atoms with van der Waals surface area (Å²) in [7, 11) is 1.69. The third-order valence-electron chi connectivity index (χ3n) is 1.96. The van der Waals surface area contributed by atoms with Gasteiger partial charge in [-0.05, 0) is 0 Å². The lowest BCUT2D eigenvalue weighted by Crippen LogP contribution is -2.11. The molecule has 2 heterocycles. The Morgan fingerprint density at radius 2 is 2.33 bits per heavy atom. The van der Waals surface area contributed by atoms with Gasteiger partial charge < -0.3 is 4.74 Å². The van der Waals surface area contributed by atoms with Crippen LogP contribution in [0.3, 0.4) is 0 Å². The molecule has 0 unspecified atom stereocenters. The van der Waals surface area contributed by atoms with E-state index in [0.29, 0.717) is 5.75 Å². The lowest BCUT2D eigenvalue weighted by atomic mass is 10.5. The highest BCUT2D eigenvalue weighted by Gasteiger charge is 2.20. The van der Waals surface area contributed by atoms with E-state index < -0.39 is 4.92 Å². The molecular weight excluding hydrogens is 242 g/mol. The number of hydrazine groups is 1. The molecule has 3 N–H and O–H groups in total. The van der Waals surface area contributed by atoms with Gasteiger partial charge in [-0.15, -0.1) is 0 Å². The largest absolute Gasteiger partial charge is 0.430 e. The summed E-state index contributed by atoms with van der Waals surface area (Å²) in [5.41, 5.74) is 1.82. The van der Waals surface area contributed by atoms with Crippen molar-refractivity contribution < 1.29 is 9.66 Å². The molecule has 0 saturated carbocycles. The maximum absolute atomic E-state index is 10.8. The minimum atomic E-state index is -0.647. The van der Waals surface area contributed by atoms with Crippen molar-refractivity contribution in [2.75, 3.05) is 5.43 Å². The van der Waals surface area contributed by atoms with E-state index in [2.05, 4.69) is 20.5 Å². The average molecular weight is 251 g/mol. The van der Waals surface area contributed by atoms with Crippen LogP contribution in [0.1, 0.15) is 0 Å². The molecule has 0 aliphatic carbocycles. The van der Waals surface area contributed by atoms with Crippen LogP contribution in [0, 0.1) is 10.1 Å². The van der Waals surface area contributed by atoms with Gasteiger partial charge in [0.05, 0.1) is 17.3 Å². The van der Waals surface area contributed by atoms with Crippen molar-refractivity contribution in [3.05, 3.63) is 28.7 Å². The molecule has 0 bridgehead atoms. The molecule has 0 aliphatic heterocycles. The minimum Gasteiger partial charge on any atom is -0.430 e. The highest BCUT2D eigenvalue weighted by molar-refractivity contribution is 5.44. The van der Waals surface area contributed by atoms with Crippen LogP contribution >= 0.6 is 0 Å². The number of rotatable bonds is 4. The highest BCUT2D eigenvalue weighted by Crippen LogP contribution is 2.28. The normalized spacial score (nSPS) is 10.1. The van der Waals surface area contributed by atoms with E-state index in [1.807, 2.05) is 0 Å². The Morgan fingerprint density at radius 1 is 1.56 bits per heavy atom. The van der Waals surface area contributed by atoms with Crippen LogP contribution < -0.4 is 16.0 Å². The zero-order chi connectivity index (χ0) is 13.1. The van der Waals surface area contributed by atoms with Crippen molar-refractivity contribution in [2.45, 2.75) is 0 Å². The van der Waals surface area contributed by atoms with Crippen molar-refractivity contribution in [3.8, 4) is 11.6 Å². The second kappa shape index (κ2) is 4.63. The number of anilines is 1. The lowest BCUT2D eigenvalue weighted by Gasteiger charge is -2.04. The quantitative estimate of drug-likeness (QED) is 0.447. The van der Waals surface area contributed by atoms with Gasteiger partial charge in [0.1, 0.15) is 6.20 Å². The van der Waals surface area contributed by atoms with Crippen LogP contribution in [0.4, 0.5) is 11.6 Å². The lowest BCUT2D eigenvalue weighted by molar-refractivity contribution is -0.386. The Balaban J connectivity index is 2.37. The smallest absolute Gasteiger partial charge is 0.349 e. The molecule has 0 saturated heterocycles. The fraction of sp³-hybridized carbons (Fsp3) is 0.125. The molecule has 10 heteroatoms. The van der Waals surface area contributed by atoms with E-state index in [4.69, 9.17) is 10.6 Å². The molecule has 94 valence electrons. The predicted molar refractivity (Wildman–Crippen MR) is 59.8 cm³/mol. The second-order valence-electron chi connectivity index (χ2n) is 3.24. The Bertz CT molecular complexity index is 582. The van der Waals surface area contributed by atoms with Gasteiger partial charge in [-0.1, -0.05) is 0 Å². The standard InChI is InChI=1S/C8H9N7O3/c1-14-4-5(2-11-14)18-7-6(15(16)17)3-10-8(12-7)13-9/h2-4H,9H2,1H3,(H,10,12,13). The zero-order valence-electron chi connectivity index (χ0n) is 9.27. The van der Waals surface area contributed by atoms with Crippen LogP contribution in [-0.2, 0) is 7.05 Å². The van der Waals surface area contributed by atoms with Crippen molar-refractivity contribution in [3.63, 3.8) is 0 Å². The fourth-order valence-corrected chi connectivity index (χ4v) is 1.19. The Morgan fingerprint density at radius 3 is 2.89 bits per heavy atom. The number of aryl methyl sites for hydroxylation is 1.